The van der Waals surface area contributed by atoms with Gasteiger partial charge in [-0.25, -0.2) is 0 Å². The lowest BCUT2D eigenvalue weighted by Crippen LogP contribution is -2.34. The molecule has 0 radical (unpaired) electrons. The summed E-state index contributed by atoms with van der Waals surface area (Å²) < 4.78 is 20.1. The molecule has 1 amide bonds. The number of hydrogen-bond acceptors (Lipinski definition) is 13. The number of aliphatic hydroxyl groups is 4. The molecule has 14 heteroatoms. The van der Waals surface area contributed by atoms with Crippen LogP contribution in [0, 0.1) is 11.8 Å². The van der Waals surface area contributed by atoms with Crippen molar-refractivity contribution in [2.24, 2.45) is 11.8 Å². The highest BCUT2D eigenvalue weighted by Gasteiger charge is 2.20. The summed E-state index contributed by atoms with van der Waals surface area (Å²) in [6.45, 7) is 1.06. The Morgan fingerprint density at radius 1 is 0.838 bits per heavy atom. The average Bonchev–Trinajstić information content (AvgIpc) is 2.86. The zero-order chi connectivity index (χ0) is 28.1. The van der Waals surface area contributed by atoms with E-state index in [1.54, 1.807) is 0 Å². The zero-order valence-corrected chi connectivity index (χ0v) is 22.9. The molecule has 37 heavy (non-hydrogen) atoms. The van der Waals surface area contributed by atoms with E-state index in [-0.39, 0.29) is 70.8 Å². The van der Waals surface area contributed by atoms with E-state index < -0.39 is 36.9 Å². The summed E-state index contributed by atoms with van der Waals surface area (Å²) in [6.07, 6.45) is -0.438. The summed E-state index contributed by atoms with van der Waals surface area (Å²) in [6, 6.07) is 0. The number of carbonyl (C=O) groups is 3. The first-order valence-corrected chi connectivity index (χ1v) is 13.2. The van der Waals surface area contributed by atoms with Gasteiger partial charge in [-0.2, -0.15) is 0 Å². The van der Waals surface area contributed by atoms with Gasteiger partial charge in [-0.05, 0) is 34.0 Å². The van der Waals surface area contributed by atoms with Crippen LogP contribution in [0.3, 0.4) is 0 Å². The van der Waals surface area contributed by atoms with Crippen molar-refractivity contribution in [3.8, 4) is 0 Å². The maximum absolute atomic E-state index is 12.7. The first kappa shape index (κ1) is 35.5. The fourth-order valence-corrected chi connectivity index (χ4v) is 3.56. The van der Waals surface area contributed by atoms with E-state index >= 15 is 0 Å². The Morgan fingerprint density at radius 2 is 1.38 bits per heavy atom. The minimum absolute atomic E-state index is 0.0149. The van der Waals surface area contributed by atoms with Crippen LogP contribution in [-0.4, -0.2) is 140 Å². The molecule has 0 saturated heterocycles. The minimum Gasteiger partial charge on any atom is -0.465 e. The Balaban J connectivity index is 4.75. The highest BCUT2D eigenvalue weighted by Crippen LogP contribution is 2.13. The van der Waals surface area contributed by atoms with Crippen molar-refractivity contribution in [2.75, 3.05) is 85.9 Å². The standard InChI is InChI=1S/C23H44N2O11S/c1-18(29)34-14-20(12-27)16-36-22(31)6-9-25(23(32)37-10-4-7-24(2)3)8-5-21(30)35-15-19(11-26)13-33-17-28/h18-20,26-29H,4-17H2,1-3H3. The van der Waals surface area contributed by atoms with Crippen LogP contribution in [0.2, 0.25) is 0 Å². The molecule has 0 rings (SSSR count). The van der Waals surface area contributed by atoms with Gasteiger partial charge in [-0.15, -0.1) is 0 Å². The number of hydrogen-bond donors (Lipinski definition) is 4. The van der Waals surface area contributed by atoms with Crippen molar-refractivity contribution in [3.63, 3.8) is 0 Å². The van der Waals surface area contributed by atoms with Crippen molar-refractivity contribution in [3.05, 3.63) is 0 Å². The van der Waals surface area contributed by atoms with E-state index in [2.05, 4.69) is 0 Å². The molecule has 0 aliphatic carbocycles. The van der Waals surface area contributed by atoms with Crippen molar-refractivity contribution >= 4 is 28.9 Å². The Bertz CT molecular complexity index is 625. The quantitative estimate of drug-likeness (QED) is 0.0763. The molecule has 13 nitrogen and oxygen atoms in total. The zero-order valence-electron chi connectivity index (χ0n) is 22.1. The van der Waals surface area contributed by atoms with Crippen molar-refractivity contribution in [1.29, 1.82) is 0 Å². The third-order valence-electron chi connectivity index (χ3n) is 4.90. The normalized spacial score (nSPS) is 13.7. The summed E-state index contributed by atoms with van der Waals surface area (Å²) >= 11 is 1.10. The smallest absolute Gasteiger partial charge is 0.307 e. The van der Waals surface area contributed by atoms with E-state index in [0.29, 0.717) is 5.75 Å². The molecule has 3 atom stereocenters. The summed E-state index contributed by atoms with van der Waals surface area (Å²) in [4.78, 5) is 40.5. The van der Waals surface area contributed by atoms with Crippen LogP contribution < -0.4 is 0 Å². The van der Waals surface area contributed by atoms with Crippen LogP contribution in [0.25, 0.3) is 0 Å². The molecule has 3 unspecified atom stereocenters. The molecule has 0 aromatic carbocycles. The van der Waals surface area contributed by atoms with Gasteiger partial charge in [0, 0.05) is 30.7 Å². The largest absolute Gasteiger partial charge is 0.465 e. The van der Waals surface area contributed by atoms with Crippen LogP contribution in [0.4, 0.5) is 4.79 Å². The van der Waals surface area contributed by atoms with Crippen LogP contribution in [0.1, 0.15) is 26.2 Å². The number of rotatable bonds is 22. The van der Waals surface area contributed by atoms with Gasteiger partial charge < -0.3 is 49.2 Å². The number of aliphatic hydroxyl groups excluding tert-OH is 4. The SMILES string of the molecule is CC(O)OCC(CO)COC(=O)CCN(CCC(=O)OCC(CO)COCO)C(=O)SCCCN(C)C. The highest BCUT2D eigenvalue weighted by atomic mass is 32.2. The number of amides is 1. The molecule has 0 saturated carbocycles. The van der Waals surface area contributed by atoms with Gasteiger partial charge in [0.05, 0.1) is 52.5 Å². The number of ether oxygens (including phenoxy) is 4. The number of esters is 2. The van der Waals surface area contributed by atoms with Crippen molar-refractivity contribution in [1.82, 2.24) is 9.80 Å². The Morgan fingerprint density at radius 3 is 1.84 bits per heavy atom. The third-order valence-corrected chi connectivity index (χ3v) is 5.90. The number of carbonyl (C=O) groups excluding carboxylic acids is 3. The summed E-state index contributed by atoms with van der Waals surface area (Å²) in [5, 5.41) is 36.2. The predicted octanol–water partition coefficient (Wildman–Crippen LogP) is -0.502. The molecule has 0 aromatic rings. The van der Waals surface area contributed by atoms with Gasteiger partial charge >= 0.3 is 11.9 Å². The molecule has 4 N–H and O–H groups in total. The number of nitrogens with zero attached hydrogens (tertiary/aromatic N) is 2. The Labute approximate surface area is 223 Å². The van der Waals surface area contributed by atoms with Crippen LogP contribution >= 0.6 is 11.8 Å². The molecule has 0 bridgehead atoms. The van der Waals surface area contributed by atoms with E-state index in [1.165, 1.54) is 11.8 Å². The van der Waals surface area contributed by atoms with Gasteiger partial charge in [0.1, 0.15) is 6.79 Å². The van der Waals surface area contributed by atoms with Crippen molar-refractivity contribution in [2.45, 2.75) is 32.5 Å². The molecule has 0 heterocycles. The number of thioether (sulfide) groups is 1. The summed E-state index contributed by atoms with van der Waals surface area (Å²) in [7, 11) is 3.87. The van der Waals surface area contributed by atoms with Gasteiger partial charge in [0.25, 0.3) is 5.24 Å². The fourth-order valence-electron chi connectivity index (χ4n) is 2.75. The molecular formula is C23H44N2O11S. The average molecular weight is 557 g/mol. The summed E-state index contributed by atoms with van der Waals surface area (Å²) in [5.41, 5.74) is 0. The first-order valence-electron chi connectivity index (χ1n) is 12.2. The van der Waals surface area contributed by atoms with E-state index in [0.717, 1.165) is 24.7 Å². The second-order valence-electron chi connectivity index (χ2n) is 8.65. The van der Waals surface area contributed by atoms with E-state index in [1.807, 2.05) is 19.0 Å². The molecule has 0 aliphatic rings. The Kier molecular flexibility index (Phi) is 21.5. The van der Waals surface area contributed by atoms with Crippen LogP contribution in [-0.2, 0) is 28.5 Å². The van der Waals surface area contributed by atoms with Crippen molar-refractivity contribution < 1.29 is 53.8 Å². The highest BCUT2D eigenvalue weighted by molar-refractivity contribution is 8.13. The lowest BCUT2D eigenvalue weighted by molar-refractivity contribution is -0.148. The van der Waals surface area contributed by atoms with Crippen LogP contribution in [0.15, 0.2) is 0 Å². The maximum atomic E-state index is 12.7. The third kappa shape index (κ3) is 20.2. The second kappa shape index (κ2) is 22.5. The van der Waals surface area contributed by atoms with Gasteiger partial charge in [-0.1, -0.05) is 11.8 Å². The monoisotopic (exact) mass is 556 g/mol. The topological polar surface area (TPSA) is 176 Å². The van der Waals surface area contributed by atoms with Gasteiger partial charge in [-0.3, -0.25) is 14.4 Å². The summed E-state index contributed by atoms with van der Waals surface area (Å²) in [5.74, 6) is -1.56. The maximum Gasteiger partial charge on any atom is 0.307 e. The molecule has 218 valence electrons. The van der Waals surface area contributed by atoms with Crippen LogP contribution in [0.5, 0.6) is 0 Å². The first-order chi connectivity index (χ1) is 17.6. The van der Waals surface area contributed by atoms with E-state index in [4.69, 9.17) is 29.2 Å². The fraction of sp³-hybridized carbons (Fsp3) is 0.870. The lowest BCUT2D eigenvalue weighted by Gasteiger charge is -2.22. The van der Waals surface area contributed by atoms with Gasteiger partial charge in [0.15, 0.2) is 6.29 Å². The van der Waals surface area contributed by atoms with E-state index in [9.17, 15) is 24.6 Å². The molecular weight excluding hydrogens is 512 g/mol. The molecule has 0 aromatic heterocycles. The second-order valence-corrected chi connectivity index (χ2v) is 9.70. The predicted molar refractivity (Wildman–Crippen MR) is 136 cm³/mol. The Hall–Kier alpha value is -1.52. The molecule has 0 spiro atoms. The molecule has 0 fully saturated rings. The molecule has 0 aliphatic heterocycles. The van der Waals surface area contributed by atoms with Gasteiger partial charge in [0.2, 0.25) is 0 Å². The lowest BCUT2D eigenvalue weighted by atomic mass is 10.2. The minimum atomic E-state index is -1.00.